The van der Waals surface area contributed by atoms with Crippen molar-refractivity contribution >= 4 is 35.3 Å². The molecule has 0 saturated heterocycles. The van der Waals surface area contributed by atoms with Crippen molar-refractivity contribution in [1.29, 1.82) is 0 Å². The summed E-state index contributed by atoms with van der Waals surface area (Å²) in [6, 6.07) is 3.48. The molecule has 3 rings (SSSR count). The molecular formula is C19H21ClN2O6S. The minimum absolute atomic E-state index is 0.0117. The van der Waals surface area contributed by atoms with Gasteiger partial charge in [-0.15, -0.1) is 0 Å². The first kappa shape index (κ1) is 21.3. The highest BCUT2D eigenvalue weighted by molar-refractivity contribution is 8.00. The second-order valence-electron chi connectivity index (χ2n) is 6.69. The number of aromatic carboxylic acids is 1. The Labute approximate surface area is 176 Å². The van der Waals surface area contributed by atoms with Gasteiger partial charge in [0.15, 0.2) is 17.2 Å². The summed E-state index contributed by atoms with van der Waals surface area (Å²) in [5.74, 6) is -1.05. The number of carboxylic acids is 2. The van der Waals surface area contributed by atoms with Crippen LogP contribution in [0.5, 0.6) is 11.5 Å². The zero-order valence-corrected chi connectivity index (χ0v) is 17.3. The van der Waals surface area contributed by atoms with Crippen molar-refractivity contribution in [2.75, 3.05) is 6.79 Å². The predicted molar refractivity (Wildman–Crippen MR) is 107 cm³/mol. The molecule has 8 nitrogen and oxygen atoms in total. The van der Waals surface area contributed by atoms with E-state index >= 15 is 0 Å². The second kappa shape index (κ2) is 9.41. The van der Waals surface area contributed by atoms with Gasteiger partial charge in [0.05, 0.1) is 6.33 Å². The Kier molecular flexibility index (Phi) is 6.92. The number of rotatable bonds is 10. The van der Waals surface area contributed by atoms with E-state index in [1.165, 1.54) is 18.1 Å². The molecule has 2 atom stereocenters. The van der Waals surface area contributed by atoms with Gasteiger partial charge in [-0.05, 0) is 30.4 Å². The number of aromatic nitrogens is 2. The van der Waals surface area contributed by atoms with E-state index in [4.69, 9.17) is 21.1 Å². The Morgan fingerprint density at radius 1 is 1.31 bits per heavy atom. The zero-order chi connectivity index (χ0) is 21.0. The topological polar surface area (TPSA) is 122 Å². The third-order valence-corrected chi connectivity index (χ3v) is 6.41. The van der Waals surface area contributed by atoms with Crippen LogP contribution >= 0.6 is 23.4 Å². The van der Waals surface area contributed by atoms with Crippen molar-refractivity contribution in [3.05, 3.63) is 34.7 Å². The Morgan fingerprint density at radius 2 is 2.03 bits per heavy atom. The van der Waals surface area contributed by atoms with E-state index in [0.717, 1.165) is 12.0 Å². The van der Waals surface area contributed by atoms with Gasteiger partial charge in [-0.2, -0.15) is 0 Å². The van der Waals surface area contributed by atoms with E-state index in [9.17, 15) is 19.8 Å². The lowest BCUT2D eigenvalue weighted by molar-refractivity contribution is -0.138. The monoisotopic (exact) mass is 440 g/mol. The molecule has 3 N–H and O–H groups in total. The van der Waals surface area contributed by atoms with Crippen LogP contribution in [0, 0.1) is 5.92 Å². The lowest BCUT2D eigenvalue weighted by Gasteiger charge is -2.25. The molecule has 0 fully saturated rings. The second-order valence-corrected chi connectivity index (χ2v) is 8.33. The molecule has 0 spiro atoms. The summed E-state index contributed by atoms with van der Waals surface area (Å²) in [5.41, 5.74) is 0.773. The van der Waals surface area contributed by atoms with Gasteiger partial charge < -0.3 is 24.7 Å². The maximum absolute atomic E-state index is 11.5. The third-order valence-electron chi connectivity index (χ3n) is 4.67. The van der Waals surface area contributed by atoms with Crippen molar-refractivity contribution in [1.82, 2.24) is 9.97 Å². The fourth-order valence-corrected chi connectivity index (χ4v) is 4.90. The van der Waals surface area contributed by atoms with Crippen LogP contribution in [-0.2, 0) is 11.2 Å². The SMILES string of the molecule is CCCC(CC(=O)O)C(Cc1cc2c(cc1Cl)OCO2)Sc1nc[nH]c1C(=O)O. The van der Waals surface area contributed by atoms with Crippen LogP contribution in [0.15, 0.2) is 23.5 Å². The summed E-state index contributed by atoms with van der Waals surface area (Å²) in [4.78, 5) is 29.6. The van der Waals surface area contributed by atoms with E-state index in [1.54, 1.807) is 12.1 Å². The zero-order valence-electron chi connectivity index (χ0n) is 15.7. The molecule has 10 heteroatoms. The van der Waals surface area contributed by atoms with Crippen molar-refractivity contribution in [3.63, 3.8) is 0 Å². The summed E-state index contributed by atoms with van der Waals surface area (Å²) in [5, 5.41) is 19.3. The van der Waals surface area contributed by atoms with Gasteiger partial charge in [-0.25, -0.2) is 9.78 Å². The van der Waals surface area contributed by atoms with Gasteiger partial charge >= 0.3 is 11.9 Å². The minimum Gasteiger partial charge on any atom is -0.481 e. The van der Waals surface area contributed by atoms with Crippen LogP contribution in [0.25, 0.3) is 0 Å². The number of carboxylic acid groups (broad SMARTS) is 2. The number of fused-ring (bicyclic) bond motifs is 1. The standard InChI is InChI=1S/C19H21ClN2O6S/c1-2-3-10(6-16(23)24)15(29-18-17(19(25)26)21-8-22-18)5-11-4-13-14(7-12(11)20)28-9-27-13/h4,7-8,10,15H,2-3,5-6,9H2,1H3,(H,21,22)(H,23,24)(H,25,26). The maximum atomic E-state index is 11.5. The molecule has 0 amide bonds. The largest absolute Gasteiger partial charge is 0.481 e. The smallest absolute Gasteiger partial charge is 0.355 e. The third kappa shape index (κ3) is 5.16. The summed E-state index contributed by atoms with van der Waals surface area (Å²) in [6.45, 7) is 2.11. The number of hydrogen-bond acceptors (Lipinski definition) is 6. The van der Waals surface area contributed by atoms with E-state index in [1.807, 2.05) is 6.92 Å². The first-order valence-corrected chi connectivity index (χ1v) is 10.4. The molecule has 1 aromatic carbocycles. The lowest BCUT2D eigenvalue weighted by atomic mass is 9.91. The van der Waals surface area contributed by atoms with Crippen LogP contribution in [0.2, 0.25) is 5.02 Å². The number of aromatic amines is 1. The molecule has 2 unspecified atom stereocenters. The van der Waals surface area contributed by atoms with Crippen LogP contribution in [0.1, 0.15) is 42.2 Å². The summed E-state index contributed by atoms with van der Waals surface area (Å²) in [7, 11) is 0. The molecule has 1 aromatic heterocycles. The van der Waals surface area contributed by atoms with E-state index in [-0.39, 0.29) is 30.1 Å². The molecule has 0 bridgehead atoms. The number of nitrogens with one attached hydrogen (secondary N) is 1. The number of benzene rings is 1. The Morgan fingerprint density at radius 3 is 2.69 bits per heavy atom. The maximum Gasteiger partial charge on any atom is 0.355 e. The van der Waals surface area contributed by atoms with E-state index < -0.39 is 11.9 Å². The summed E-state index contributed by atoms with van der Waals surface area (Å²) >= 11 is 7.69. The first-order valence-electron chi connectivity index (χ1n) is 9.12. The molecule has 29 heavy (non-hydrogen) atoms. The first-order chi connectivity index (χ1) is 13.9. The van der Waals surface area contributed by atoms with Crippen LogP contribution in [-0.4, -0.2) is 44.2 Å². The number of H-pyrrole nitrogens is 1. The Balaban J connectivity index is 1.92. The molecule has 2 heterocycles. The predicted octanol–water partition coefficient (Wildman–Crippen LogP) is 4.08. The lowest BCUT2D eigenvalue weighted by Crippen LogP contribution is -2.23. The highest BCUT2D eigenvalue weighted by atomic mass is 35.5. The average Bonchev–Trinajstić information content (AvgIpc) is 3.29. The molecule has 2 aromatic rings. The van der Waals surface area contributed by atoms with Gasteiger partial charge in [0, 0.05) is 22.8 Å². The number of carbonyl (C=O) groups is 2. The van der Waals surface area contributed by atoms with Gasteiger partial charge in [0.1, 0.15) is 5.03 Å². The average molecular weight is 441 g/mol. The normalized spacial score (nSPS) is 14.6. The highest BCUT2D eigenvalue weighted by Gasteiger charge is 2.29. The van der Waals surface area contributed by atoms with E-state index in [0.29, 0.717) is 34.4 Å². The van der Waals surface area contributed by atoms with Crippen molar-refractivity contribution < 1.29 is 29.3 Å². The molecular weight excluding hydrogens is 420 g/mol. The van der Waals surface area contributed by atoms with Crippen LogP contribution < -0.4 is 9.47 Å². The van der Waals surface area contributed by atoms with Crippen molar-refractivity contribution in [2.24, 2.45) is 5.92 Å². The van der Waals surface area contributed by atoms with Crippen molar-refractivity contribution in [3.8, 4) is 11.5 Å². The van der Waals surface area contributed by atoms with Gasteiger partial charge in [-0.1, -0.05) is 36.7 Å². The molecule has 1 aliphatic rings. The molecule has 0 aliphatic carbocycles. The number of halogens is 1. The van der Waals surface area contributed by atoms with Crippen molar-refractivity contribution in [2.45, 2.75) is 42.9 Å². The number of ether oxygens (including phenoxy) is 2. The van der Waals surface area contributed by atoms with Gasteiger partial charge in [-0.3, -0.25) is 4.79 Å². The fourth-order valence-electron chi connectivity index (χ4n) is 3.32. The Bertz CT molecular complexity index is 903. The molecule has 156 valence electrons. The van der Waals surface area contributed by atoms with Gasteiger partial charge in [0.2, 0.25) is 6.79 Å². The van der Waals surface area contributed by atoms with Crippen LogP contribution in [0.3, 0.4) is 0 Å². The molecule has 1 aliphatic heterocycles. The summed E-state index contributed by atoms with van der Waals surface area (Å²) < 4.78 is 10.8. The summed E-state index contributed by atoms with van der Waals surface area (Å²) in [6.07, 6.45) is 3.21. The molecule has 0 saturated carbocycles. The number of hydrogen-bond donors (Lipinski definition) is 3. The number of nitrogens with zero attached hydrogens (tertiary/aromatic N) is 1. The number of imidazole rings is 1. The quantitative estimate of drug-likeness (QED) is 0.472. The number of thioether (sulfide) groups is 1. The number of aliphatic carboxylic acids is 1. The highest BCUT2D eigenvalue weighted by Crippen LogP contribution is 2.40. The van der Waals surface area contributed by atoms with Gasteiger partial charge in [0.25, 0.3) is 0 Å². The van der Waals surface area contributed by atoms with E-state index in [2.05, 4.69) is 9.97 Å². The minimum atomic E-state index is -1.12. The van der Waals surface area contributed by atoms with Crippen LogP contribution in [0.4, 0.5) is 0 Å². The fraction of sp³-hybridized carbons (Fsp3) is 0.421. The molecule has 0 radical (unpaired) electrons. The Hall–Kier alpha value is -2.39.